The normalized spacial score (nSPS) is 11.2. The molecule has 0 bridgehead atoms. The fraction of sp³-hybridized carbons (Fsp3) is 0.0588. The number of H-pyrrole nitrogens is 1. The standard InChI is InChI=1S/C17H13F2N3O/c18-13-3-1-2-11(8-13)9-21-15(23)5-4-12-10-22-17-16(12)14(19)6-7-20-17/h1-8,10H,9H2,(H,20,22)(H,21,23)/b5-4+. The highest BCUT2D eigenvalue weighted by Gasteiger charge is 2.07. The smallest absolute Gasteiger partial charge is 0.244 e. The number of hydrogen-bond donors (Lipinski definition) is 2. The summed E-state index contributed by atoms with van der Waals surface area (Å²) in [6.07, 6.45) is 5.75. The van der Waals surface area contributed by atoms with Crippen molar-refractivity contribution in [3.8, 4) is 0 Å². The molecule has 2 aromatic heterocycles. The molecular weight excluding hydrogens is 300 g/mol. The van der Waals surface area contributed by atoms with Crippen molar-refractivity contribution in [1.82, 2.24) is 15.3 Å². The molecule has 1 aromatic carbocycles. The first-order valence-electron chi connectivity index (χ1n) is 6.95. The van der Waals surface area contributed by atoms with Crippen LogP contribution in [0.25, 0.3) is 17.1 Å². The van der Waals surface area contributed by atoms with Gasteiger partial charge in [-0.1, -0.05) is 12.1 Å². The first-order valence-corrected chi connectivity index (χ1v) is 6.95. The number of nitrogens with zero attached hydrogens (tertiary/aromatic N) is 1. The molecule has 1 amide bonds. The second-order valence-electron chi connectivity index (χ2n) is 4.94. The van der Waals surface area contributed by atoms with Gasteiger partial charge >= 0.3 is 0 Å². The third kappa shape index (κ3) is 3.42. The van der Waals surface area contributed by atoms with E-state index in [-0.39, 0.29) is 18.3 Å². The Morgan fingerprint density at radius 2 is 2.17 bits per heavy atom. The van der Waals surface area contributed by atoms with Gasteiger partial charge in [0, 0.05) is 30.6 Å². The van der Waals surface area contributed by atoms with Crippen LogP contribution in [0.1, 0.15) is 11.1 Å². The Bertz CT molecular complexity index is 886. The second-order valence-corrected chi connectivity index (χ2v) is 4.94. The number of carbonyl (C=O) groups excluding carboxylic acids is 1. The zero-order valence-electron chi connectivity index (χ0n) is 12.0. The highest BCUT2D eigenvalue weighted by molar-refractivity contribution is 5.95. The minimum Gasteiger partial charge on any atom is -0.348 e. The highest BCUT2D eigenvalue weighted by Crippen LogP contribution is 2.20. The molecule has 3 aromatic rings. The lowest BCUT2D eigenvalue weighted by atomic mass is 10.2. The van der Waals surface area contributed by atoms with Gasteiger partial charge in [0.1, 0.15) is 17.3 Å². The van der Waals surface area contributed by atoms with E-state index in [1.54, 1.807) is 18.3 Å². The van der Waals surface area contributed by atoms with Crippen molar-refractivity contribution in [3.63, 3.8) is 0 Å². The summed E-state index contributed by atoms with van der Waals surface area (Å²) in [5.74, 6) is -1.11. The maximum absolute atomic E-state index is 13.8. The fourth-order valence-corrected chi connectivity index (χ4v) is 2.23. The summed E-state index contributed by atoms with van der Waals surface area (Å²) in [5.41, 5.74) is 1.62. The lowest BCUT2D eigenvalue weighted by molar-refractivity contribution is -0.116. The summed E-state index contributed by atoms with van der Waals surface area (Å²) in [6, 6.07) is 7.25. The number of aromatic amines is 1. The minimum absolute atomic E-state index is 0.213. The van der Waals surface area contributed by atoms with Crippen LogP contribution in [-0.2, 0) is 11.3 Å². The molecule has 23 heavy (non-hydrogen) atoms. The number of carbonyl (C=O) groups is 1. The molecule has 3 rings (SSSR count). The van der Waals surface area contributed by atoms with Crippen LogP contribution in [0.3, 0.4) is 0 Å². The fourth-order valence-electron chi connectivity index (χ4n) is 2.23. The number of benzene rings is 1. The van der Waals surface area contributed by atoms with Crippen molar-refractivity contribution in [3.05, 3.63) is 71.6 Å². The van der Waals surface area contributed by atoms with Crippen LogP contribution in [0.15, 0.2) is 48.8 Å². The molecule has 0 fully saturated rings. The molecule has 0 unspecified atom stereocenters. The molecule has 0 atom stereocenters. The Hall–Kier alpha value is -3.02. The second kappa shape index (κ2) is 6.39. The van der Waals surface area contributed by atoms with Crippen molar-refractivity contribution in [2.75, 3.05) is 0 Å². The third-order valence-electron chi connectivity index (χ3n) is 3.32. The Morgan fingerprint density at radius 3 is 3.00 bits per heavy atom. The molecule has 0 saturated heterocycles. The molecule has 0 saturated carbocycles. The molecule has 0 aliphatic carbocycles. The van der Waals surface area contributed by atoms with E-state index in [2.05, 4.69) is 15.3 Å². The van der Waals surface area contributed by atoms with Gasteiger partial charge in [-0.05, 0) is 29.8 Å². The van der Waals surface area contributed by atoms with Crippen LogP contribution >= 0.6 is 0 Å². The zero-order chi connectivity index (χ0) is 16.2. The monoisotopic (exact) mass is 313 g/mol. The molecule has 0 aliphatic rings. The number of amides is 1. The summed E-state index contributed by atoms with van der Waals surface area (Å²) in [5, 5.41) is 2.97. The average molecular weight is 313 g/mol. The van der Waals surface area contributed by atoms with E-state index in [0.29, 0.717) is 22.2 Å². The van der Waals surface area contributed by atoms with E-state index in [1.807, 2.05) is 0 Å². The molecule has 2 heterocycles. The molecule has 116 valence electrons. The molecule has 0 spiro atoms. The van der Waals surface area contributed by atoms with Crippen molar-refractivity contribution >= 4 is 23.0 Å². The number of hydrogen-bond acceptors (Lipinski definition) is 2. The zero-order valence-corrected chi connectivity index (χ0v) is 12.0. The molecule has 0 radical (unpaired) electrons. The number of aromatic nitrogens is 2. The van der Waals surface area contributed by atoms with Gasteiger partial charge in [0.2, 0.25) is 5.91 Å². The van der Waals surface area contributed by atoms with Crippen LogP contribution < -0.4 is 5.32 Å². The van der Waals surface area contributed by atoms with Crippen molar-refractivity contribution in [2.45, 2.75) is 6.54 Å². The Labute approximate surface area is 130 Å². The summed E-state index contributed by atoms with van der Waals surface area (Å²) in [6.45, 7) is 0.213. The lowest BCUT2D eigenvalue weighted by Gasteiger charge is -2.02. The predicted molar refractivity (Wildman–Crippen MR) is 83.3 cm³/mol. The van der Waals surface area contributed by atoms with E-state index < -0.39 is 5.82 Å². The summed E-state index contributed by atoms with van der Waals surface area (Å²) >= 11 is 0. The van der Waals surface area contributed by atoms with E-state index in [9.17, 15) is 13.6 Å². The van der Waals surface area contributed by atoms with Crippen molar-refractivity contribution in [1.29, 1.82) is 0 Å². The quantitative estimate of drug-likeness (QED) is 0.727. The highest BCUT2D eigenvalue weighted by atomic mass is 19.1. The van der Waals surface area contributed by atoms with Crippen LogP contribution in [0.5, 0.6) is 0 Å². The average Bonchev–Trinajstić information content (AvgIpc) is 2.96. The predicted octanol–water partition coefficient (Wildman–Crippen LogP) is 3.17. The van der Waals surface area contributed by atoms with Crippen LogP contribution in [0.4, 0.5) is 8.78 Å². The first-order chi connectivity index (χ1) is 11.1. The maximum Gasteiger partial charge on any atom is 0.244 e. The van der Waals surface area contributed by atoms with Crippen LogP contribution in [-0.4, -0.2) is 15.9 Å². The van der Waals surface area contributed by atoms with E-state index in [4.69, 9.17) is 0 Å². The molecule has 2 N–H and O–H groups in total. The Kier molecular flexibility index (Phi) is 4.14. The lowest BCUT2D eigenvalue weighted by Crippen LogP contribution is -2.20. The van der Waals surface area contributed by atoms with Crippen molar-refractivity contribution < 1.29 is 13.6 Å². The summed E-state index contributed by atoms with van der Waals surface area (Å²) in [4.78, 5) is 18.7. The topological polar surface area (TPSA) is 57.8 Å². The number of halogens is 2. The number of pyridine rings is 1. The number of fused-ring (bicyclic) bond motifs is 1. The molecular formula is C17H13F2N3O. The molecule has 0 aliphatic heterocycles. The number of rotatable bonds is 4. The van der Waals surface area contributed by atoms with Gasteiger partial charge in [-0.2, -0.15) is 0 Å². The maximum atomic E-state index is 13.8. The van der Waals surface area contributed by atoms with E-state index >= 15 is 0 Å². The van der Waals surface area contributed by atoms with Gasteiger partial charge in [0.05, 0.1) is 5.39 Å². The van der Waals surface area contributed by atoms with Crippen molar-refractivity contribution in [2.24, 2.45) is 0 Å². The van der Waals surface area contributed by atoms with Gasteiger partial charge in [-0.25, -0.2) is 13.8 Å². The SMILES string of the molecule is O=C(/C=C/c1c[nH]c2nccc(F)c12)NCc1cccc(F)c1. The summed E-state index contributed by atoms with van der Waals surface area (Å²) in [7, 11) is 0. The summed E-state index contributed by atoms with van der Waals surface area (Å²) < 4.78 is 26.8. The largest absolute Gasteiger partial charge is 0.348 e. The Balaban J connectivity index is 1.68. The van der Waals surface area contributed by atoms with Crippen LogP contribution in [0, 0.1) is 11.6 Å². The first kappa shape index (κ1) is 14.9. The van der Waals surface area contributed by atoms with Crippen LogP contribution in [0.2, 0.25) is 0 Å². The third-order valence-corrected chi connectivity index (χ3v) is 3.32. The van der Waals surface area contributed by atoms with Gasteiger partial charge in [-0.15, -0.1) is 0 Å². The van der Waals surface area contributed by atoms with E-state index in [0.717, 1.165) is 0 Å². The van der Waals surface area contributed by atoms with Gasteiger partial charge in [-0.3, -0.25) is 4.79 Å². The molecule has 4 nitrogen and oxygen atoms in total. The van der Waals surface area contributed by atoms with E-state index in [1.165, 1.54) is 36.5 Å². The minimum atomic E-state index is -0.406. The van der Waals surface area contributed by atoms with Gasteiger partial charge in [0.15, 0.2) is 0 Å². The van der Waals surface area contributed by atoms with Gasteiger partial charge < -0.3 is 10.3 Å². The van der Waals surface area contributed by atoms with Gasteiger partial charge in [0.25, 0.3) is 0 Å². The molecule has 6 heteroatoms. The number of nitrogens with one attached hydrogen (secondary N) is 2. The Morgan fingerprint density at radius 1 is 1.30 bits per heavy atom.